The molecule has 5 heteroatoms. The molecule has 4 nitrogen and oxygen atoms in total. The zero-order chi connectivity index (χ0) is 18.6. The number of ether oxygens (including phenoxy) is 2. The number of nitrogens with one attached hydrogen (secondary N) is 1. The van der Waals surface area contributed by atoms with Crippen molar-refractivity contribution in [2.45, 2.75) is 64.1 Å². The predicted octanol–water partition coefficient (Wildman–Crippen LogP) is 4.50. The number of halogens is 1. The van der Waals surface area contributed by atoms with Gasteiger partial charge in [0.05, 0.1) is 11.1 Å². The van der Waals surface area contributed by atoms with E-state index in [1.165, 1.54) is 11.1 Å². The van der Waals surface area contributed by atoms with Gasteiger partial charge in [-0.1, -0.05) is 18.5 Å². The third kappa shape index (κ3) is 4.19. The van der Waals surface area contributed by atoms with Crippen LogP contribution < -0.4 is 15.8 Å². The first-order valence-corrected chi connectivity index (χ1v) is 10.1. The standard InChI is InChI=1S/C21H31ClN2O2/c1-3-21(20(23)7-11-25-2)8-4-17(5-9-21)26-19-13-15-6-10-24-14-16(15)12-18(19)22/h6,10,12-13,17,20,24H,3-5,7-9,11,14,23H2,1-2H3. The SMILES string of the molecule is CCC1(C(N)CCOC)CCC(Oc2cc3c(cc2Cl)CNC=C3)CC1. The molecule has 1 saturated carbocycles. The Morgan fingerprint density at radius 3 is 2.81 bits per heavy atom. The van der Waals surface area contributed by atoms with Gasteiger partial charge in [-0.15, -0.1) is 0 Å². The van der Waals surface area contributed by atoms with Crippen LogP contribution in [0, 0.1) is 5.41 Å². The average molecular weight is 379 g/mol. The van der Waals surface area contributed by atoms with Crippen LogP contribution in [-0.2, 0) is 11.3 Å². The summed E-state index contributed by atoms with van der Waals surface area (Å²) >= 11 is 6.46. The summed E-state index contributed by atoms with van der Waals surface area (Å²) in [5.41, 5.74) is 9.13. The van der Waals surface area contributed by atoms with E-state index in [1.54, 1.807) is 7.11 Å². The smallest absolute Gasteiger partial charge is 0.138 e. The molecule has 0 aromatic heterocycles. The van der Waals surface area contributed by atoms with Crippen molar-refractivity contribution in [2.24, 2.45) is 11.1 Å². The number of methoxy groups -OCH3 is 1. The van der Waals surface area contributed by atoms with Crippen molar-refractivity contribution >= 4 is 17.7 Å². The van der Waals surface area contributed by atoms with Crippen molar-refractivity contribution in [1.82, 2.24) is 5.32 Å². The van der Waals surface area contributed by atoms with E-state index in [2.05, 4.69) is 24.4 Å². The van der Waals surface area contributed by atoms with Crippen LogP contribution in [0.1, 0.15) is 56.6 Å². The second-order valence-corrected chi connectivity index (χ2v) is 8.02. The minimum atomic E-state index is 0.193. The first-order valence-electron chi connectivity index (χ1n) is 9.71. The summed E-state index contributed by atoms with van der Waals surface area (Å²) in [6.45, 7) is 3.80. The molecule has 1 heterocycles. The van der Waals surface area contributed by atoms with Crippen molar-refractivity contribution in [3.8, 4) is 5.75 Å². The van der Waals surface area contributed by atoms with Gasteiger partial charge in [-0.3, -0.25) is 0 Å². The zero-order valence-electron chi connectivity index (χ0n) is 15.9. The van der Waals surface area contributed by atoms with Crippen LogP contribution in [0.2, 0.25) is 5.02 Å². The van der Waals surface area contributed by atoms with E-state index in [1.807, 2.05) is 12.3 Å². The normalized spacial score (nSPS) is 26.1. The Kier molecular flexibility index (Phi) is 6.49. The Bertz CT molecular complexity index is 639. The highest BCUT2D eigenvalue weighted by Gasteiger charge is 2.39. The van der Waals surface area contributed by atoms with Crippen LogP contribution >= 0.6 is 11.6 Å². The molecule has 1 aromatic rings. The Hall–Kier alpha value is -1.23. The highest BCUT2D eigenvalue weighted by molar-refractivity contribution is 6.32. The summed E-state index contributed by atoms with van der Waals surface area (Å²) in [6.07, 6.45) is 10.5. The lowest BCUT2D eigenvalue weighted by atomic mass is 9.66. The van der Waals surface area contributed by atoms with Crippen molar-refractivity contribution in [2.75, 3.05) is 13.7 Å². The molecular weight excluding hydrogens is 348 g/mol. The molecule has 1 fully saturated rings. The summed E-state index contributed by atoms with van der Waals surface area (Å²) in [6, 6.07) is 4.28. The van der Waals surface area contributed by atoms with Gasteiger partial charge in [-0.2, -0.15) is 0 Å². The van der Waals surface area contributed by atoms with E-state index in [9.17, 15) is 0 Å². The molecule has 1 unspecified atom stereocenters. The topological polar surface area (TPSA) is 56.5 Å². The molecule has 1 aromatic carbocycles. The summed E-state index contributed by atoms with van der Waals surface area (Å²) in [4.78, 5) is 0. The molecule has 1 aliphatic heterocycles. The van der Waals surface area contributed by atoms with Gasteiger partial charge in [-0.25, -0.2) is 0 Å². The molecule has 1 atom stereocenters. The lowest BCUT2D eigenvalue weighted by Gasteiger charge is -2.44. The van der Waals surface area contributed by atoms with Crippen LogP contribution in [0.25, 0.3) is 6.08 Å². The van der Waals surface area contributed by atoms with Gasteiger partial charge in [0.15, 0.2) is 0 Å². The fourth-order valence-corrected chi connectivity index (χ4v) is 4.56. The molecular formula is C21H31ClN2O2. The average Bonchev–Trinajstić information content (AvgIpc) is 2.67. The van der Waals surface area contributed by atoms with E-state index >= 15 is 0 Å². The van der Waals surface area contributed by atoms with Gasteiger partial charge >= 0.3 is 0 Å². The van der Waals surface area contributed by atoms with E-state index < -0.39 is 0 Å². The van der Waals surface area contributed by atoms with Gasteiger partial charge in [0, 0.05) is 26.3 Å². The first kappa shape index (κ1) is 19.5. The maximum absolute atomic E-state index is 6.52. The molecule has 0 amide bonds. The van der Waals surface area contributed by atoms with Crippen molar-refractivity contribution in [3.63, 3.8) is 0 Å². The molecule has 0 bridgehead atoms. The molecule has 0 spiro atoms. The van der Waals surface area contributed by atoms with E-state index in [0.29, 0.717) is 5.02 Å². The summed E-state index contributed by atoms with van der Waals surface area (Å²) in [5.74, 6) is 0.801. The molecule has 0 saturated heterocycles. The van der Waals surface area contributed by atoms with Crippen LogP contribution in [0.3, 0.4) is 0 Å². The number of fused-ring (bicyclic) bond motifs is 1. The summed E-state index contributed by atoms with van der Waals surface area (Å²) in [7, 11) is 1.74. The molecule has 3 rings (SSSR count). The van der Waals surface area contributed by atoms with Gasteiger partial charge < -0.3 is 20.5 Å². The third-order valence-electron chi connectivity index (χ3n) is 6.21. The Morgan fingerprint density at radius 1 is 1.35 bits per heavy atom. The highest BCUT2D eigenvalue weighted by atomic mass is 35.5. The highest BCUT2D eigenvalue weighted by Crippen LogP contribution is 2.44. The second kappa shape index (κ2) is 8.64. The molecule has 0 radical (unpaired) electrons. The second-order valence-electron chi connectivity index (χ2n) is 7.62. The Balaban J connectivity index is 1.63. The van der Waals surface area contributed by atoms with Crippen LogP contribution in [-0.4, -0.2) is 25.9 Å². The molecule has 3 N–H and O–H groups in total. The van der Waals surface area contributed by atoms with Crippen molar-refractivity contribution in [3.05, 3.63) is 34.5 Å². The molecule has 144 valence electrons. The maximum Gasteiger partial charge on any atom is 0.138 e. The Labute approximate surface area is 162 Å². The lowest BCUT2D eigenvalue weighted by Crippen LogP contribution is -2.46. The molecule has 2 aliphatic rings. The number of benzene rings is 1. The number of rotatable bonds is 7. The van der Waals surface area contributed by atoms with Gasteiger partial charge in [-0.05, 0) is 79.5 Å². The third-order valence-corrected chi connectivity index (χ3v) is 6.51. The van der Waals surface area contributed by atoms with Gasteiger partial charge in [0.1, 0.15) is 5.75 Å². The minimum Gasteiger partial charge on any atom is -0.489 e. The fourth-order valence-electron chi connectivity index (χ4n) is 4.33. The number of hydrogen-bond acceptors (Lipinski definition) is 4. The van der Waals surface area contributed by atoms with E-state index in [-0.39, 0.29) is 17.6 Å². The van der Waals surface area contributed by atoms with Crippen molar-refractivity contribution in [1.29, 1.82) is 0 Å². The number of hydrogen-bond donors (Lipinski definition) is 2. The van der Waals surface area contributed by atoms with Crippen molar-refractivity contribution < 1.29 is 9.47 Å². The van der Waals surface area contributed by atoms with Gasteiger partial charge in [0.25, 0.3) is 0 Å². The largest absolute Gasteiger partial charge is 0.489 e. The summed E-state index contributed by atoms with van der Waals surface area (Å²) < 4.78 is 11.5. The lowest BCUT2D eigenvalue weighted by molar-refractivity contribution is 0.0478. The zero-order valence-corrected chi connectivity index (χ0v) is 16.6. The van der Waals surface area contributed by atoms with Crippen LogP contribution in [0.5, 0.6) is 5.75 Å². The van der Waals surface area contributed by atoms with Crippen LogP contribution in [0.4, 0.5) is 0 Å². The quantitative estimate of drug-likeness (QED) is 0.733. The molecule has 26 heavy (non-hydrogen) atoms. The Morgan fingerprint density at radius 2 is 2.12 bits per heavy atom. The van der Waals surface area contributed by atoms with Gasteiger partial charge in [0.2, 0.25) is 0 Å². The van der Waals surface area contributed by atoms with E-state index in [0.717, 1.165) is 57.4 Å². The first-order chi connectivity index (χ1) is 12.6. The van der Waals surface area contributed by atoms with E-state index in [4.69, 9.17) is 26.8 Å². The molecule has 1 aliphatic carbocycles. The monoisotopic (exact) mass is 378 g/mol. The summed E-state index contributed by atoms with van der Waals surface area (Å²) in [5, 5.41) is 3.91. The maximum atomic E-state index is 6.52. The minimum absolute atomic E-state index is 0.193. The predicted molar refractivity (Wildman–Crippen MR) is 107 cm³/mol. The number of nitrogens with two attached hydrogens (primary N) is 1. The van der Waals surface area contributed by atoms with Crippen LogP contribution in [0.15, 0.2) is 18.3 Å². The fraction of sp³-hybridized carbons (Fsp3) is 0.619.